The van der Waals surface area contributed by atoms with Gasteiger partial charge in [0.2, 0.25) is 0 Å². The summed E-state index contributed by atoms with van der Waals surface area (Å²) in [6.45, 7) is 5.61. The lowest BCUT2D eigenvalue weighted by atomic mass is 9.99. The molecular formula is C12H22O4. The highest BCUT2D eigenvalue weighted by Crippen LogP contribution is 2.15. The maximum Gasteiger partial charge on any atom is 0.303 e. The van der Waals surface area contributed by atoms with Crippen LogP contribution in [-0.2, 0) is 9.68 Å². The van der Waals surface area contributed by atoms with Crippen LogP contribution in [0.25, 0.3) is 0 Å². The van der Waals surface area contributed by atoms with Crippen molar-refractivity contribution in [1.29, 1.82) is 0 Å². The minimum Gasteiger partial charge on any atom is -0.481 e. The zero-order chi connectivity index (χ0) is 12.6. The van der Waals surface area contributed by atoms with Gasteiger partial charge >= 0.3 is 5.97 Å². The lowest BCUT2D eigenvalue weighted by Gasteiger charge is -2.15. The van der Waals surface area contributed by atoms with Gasteiger partial charge in [0.05, 0.1) is 0 Å². The van der Waals surface area contributed by atoms with Crippen LogP contribution < -0.4 is 0 Å². The van der Waals surface area contributed by atoms with Crippen LogP contribution in [0.1, 0.15) is 46.5 Å². The number of carboxylic acid groups (broad SMARTS) is 1. The van der Waals surface area contributed by atoms with Crippen LogP contribution in [0.5, 0.6) is 0 Å². The third-order valence-corrected chi connectivity index (χ3v) is 2.38. The first kappa shape index (κ1) is 15.1. The summed E-state index contributed by atoms with van der Waals surface area (Å²) in [5, 5.41) is 17.0. The van der Waals surface area contributed by atoms with E-state index in [1.165, 1.54) is 0 Å². The molecule has 1 atom stereocenters. The molecule has 0 aliphatic heterocycles. The lowest BCUT2D eigenvalue weighted by molar-refractivity contribution is -0.297. The quantitative estimate of drug-likeness (QED) is 0.382. The molecule has 0 saturated heterocycles. The van der Waals surface area contributed by atoms with Crippen LogP contribution in [0.3, 0.4) is 0 Å². The first-order chi connectivity index (χ1) is 7.37. The van der Waals surface area contributed by atoms with Gasteiger partial charge in [0.25, 0.3) is 0 Å². The van der Waals surface area contributed by atoms with E-state index in [0.29, 0.717) is 12.3 Å². The van der Waals surface area contributed by atoms with E-state index < -0.39 is 11.6 Å². The molecule has 0 spiro atoms. The molecule has 0 rings (SSSR count). The average Bonchev–Trinajstić information content (AvgIpc) is 2.17. The van der Waals surface area contributed by atoms with E-state index in [2.05, 4.69) is 11.8 Å². The summed E-state index contributed by atoms with van der Waals surface area (Å²) in [4.78, 5) is 14.6. The SMILES string of the molecule is CC(CC=CC(C)(C)OO)CCCC(=O)O. The van der Waals surface area contributed by atoms with Crippen LogP contribution in [0.4, 0.5) is 0 Å². The number of hydrogen-bond donors (Lipinski definition) is 2. The summed E-state index contributed by atoms with van der Waals surface area (Å²) in [7, 11) is 0. The van der Waals surface area contributed by atoms with Gasteiger partial charge in [-0.05, 0) is 39.0 Å². The molecule has 0 aromatic rings. The van der Waals surface area contributed by atoms with Gasteiger partial charge in [-0.2, -0.15) is 0 Å². The fourth-order valence-corrected chi connectivity index (χ4v) is 1.33. The maximum absolute atomic E-state index is 10.3. The van der Waals surface area contributed by atoms with Crippen LogP contribution in [0, 0.1) is 5.92 Å². The monoisotopic (exact) mass is 230 g/mol. The Hall–Kier alpha value is -0.870. The second-order valence-corrected chi connectivity index (χ2v) is 4.72. The van der Waals surface area contributed by atoms with Crippen molar-refractivity contribution < 1.29 is 20.0 Å². The van der Waals surface area contributed by atoms with Crippen molar-refractivity contribution in [3.05, 3.63) is 12.2 Å². The van der Waals surface area contributed by atoms with Gasteiger partial charge in [0, 0.05) is 6.42 Å². The number of allylic oxidation sites excluding steroid dienone is 1. The molecule has 0 aromatic carbocycles. The fraction of sp³-hybridized carbons (Fsp3) is 0.750. The van der Waals surface area contributed by atoms with Gasteiger partial charge in [0.15, 0.2) is 0 Å². The Bertz CT molecular complexity index is 233. The molecule has 0 aliphatic rings. The van der Waals surface area contributed by atoms with Crippen molar-refractivity contribution in [1.82, 2.24) is 0 Å². The van der Waals surface area contributed by atoms with E-state index in [-0.39, 0.29) is 6.42 Å². The summed E-state index contributed by atoms with van der Waals surface area (Å²) in [6, 6.07) is 0. The Morgan fingerprint density at radius 2 is 2.12 bits per heavy atom. The standard InChI is InChI=1S/C12H22O4/c1-10(6-4-8-11(13)14)7-5-9-12(2,3)16-15/h5,9-10,15H,4,6-8H2,1-3H3,(H,13,14). The van der Waals surface area contributed by atoms with E-state index in [9.17, 15) is 4.79 Å². The van der Waals surface area contributed by atoms with Crippen molar-refractivity contribution in [3.8, 4) is 0 Å². The summed E-state index contributed by atoms with van der Waals surface area (Å²) < 4.78 is 0. The molecule has 2 N–H and O–H groups in total. The van der Waals surface area contributed by atoms with E-state index in [1.54, 1.807) is 19.9 Å². The van der Waals surface area contributed by atoms with Gasteiger partial charge in [-0.25, -0.2) is 4.89 Å². The molecule has 0 radical (unpaired) electrons. The average molecular weight is 230 g/mol. The summed E-state index contributed by atoms with van der Waals surface area (Å²) in [6.07, 6.45) is 6.48. The second kappa shape index (κ2) is 7.41. The Labute approximate surface area is 96.9 Å². The zero-order valence-electron chi connectivity index (χ0n) is 10.3. The molecule has 1 unspecified atom stereocenters. The molecule has 4 nitrogen and oxygen atoms in total. The number of hydrogen-bond acceptors (Lipinski definition) is 3. The molecular weight excluding hydrogens is 208 g/mol. The van der Waals surface area contributed by atoms with Crippen molar-refractivity contribution in [3.63, 3.8) is 0 Å². The first-order valence-corrected chi connectivity index (χ1v) is 5.59. The predicted molar refractivity (Wildman–Crippen MR) is 62.2 cm³/mol. The normalized spacial score (nSPS) is 14.2. The van der Waals surface area contributed by atoms with E-state index in [0.717, 1.165) is 12.8 Å². The van der Waals surface area contributed by atoms with Gasteiger partial charge in [-0.3, -0.25) is 10.1 Å². The lowest BCUT2D eigenvalue weighted by Crippen LogP contribution is -2.18. The number of aliphatic carboxylic acids is 1. The third kappa shape index (κ3) is 8.44. The van der Waals surface area contributed by atoms with E-state index in [4.69, 9.17) is 10.4 Å². The van der Waals surface area contributed by atoms with Gasteiger partial charge in [-0.1, -0.05) is 19.1 Å². The van der Waals surface area contributed by atoms with Crippen LogP contribution in [0.2, 0.25) is 0 Å². The predicted octanol–water partition coefficient (Wildman–Crippen LogP) is 3.09. The Morgan fingerprint density at radius 1 is 1.50 bits per heavy atom. The second-order valence-electron chi connectivity index (χ2n) is 4.72. The van der Waals surface area contributed by atoms with E-state index >= 15 is 0 Å². The van der Waals surface area contributed by atoms with Crippen molar-refractivity contribution in [2.24, 2.45) is 5.92 Å². The van der Waals surface area contributed by atoms with Crippen molar-refractivity contribution in [2.45, 2.75) is 52.1 Å². The minimum absolute atomic E-state index is 0.235. The third-order valence-electron chi connectivity index (χ3n) is 2.38. The molecule has 0 amide bonds. The highest BCUT2D eigenvalue weighted by atomic mass is 17.1. The minimum atomic E-state index is -0.738. The molecule has 0 heterocycles. The summed E-state index contributed by atoms with van der Waals surface area (Å²) >= 11 is 0. The summed E-state index contributed by atoms with van der Waals surface area (Å²) in [5.41, 5.74) is -0.652. The Kier molecular flexibility index (Phi) is 7.01. The molecule has 0 bridgehead atoms. The van der Waals surface area contributed by atoms with Crippen LogP contribution in [-0.4, -0.2) is 21.9 Å². The van der Waals surface area contributed by atoms with E-state index in [1.807, 2.05) is 6.08 Å². The highest BCUT2D eigenvalue weighted by Gasteiger charge is 2.13. The van der Waals surface area contributed by atoms with Crippen molar-refractivity contribution in [2.75, 3.05) is 0 Å². The largest absolute Gasteiger partial charge is 0.481 e. The van der Waals surface area contributed by atoms with Crippen LogP contribution in [0.15, 0.2) is 12.2 Å². The van der Waals surface area contributed by atoms with Gasteiger partial charge < -0.3 is 5.11 Å². The van der Waals surface area contributed by atoms with Crippen molar-refractivity contribution >= 4 is 5.97 Å². The van der Waals surface area contributed by atoms with Crippen LogP contribution >= 0.6 is 0 Å². The zero-order valence-corrected chi connectivity index (χ0v) is 10.3. The molecule has 16 heavy (non-hydrogen) atoms. The highest BCUT2D eigenvalue weighted by molar-refractivity contribution is 5.66. The maximum atomic E-state index is 10.3. The number of rotatable bonds is 8. The van der Waals surface area contributed by atoms with Gasteiger partial charge in [-0.15, -0.1) is 0 Å². The Morgan fingerprint density at radius 3 is 2.62 bits per heavy atom. The molecule has 0 fully saturated rings. The topological polar surface area (TPSA) is 66.8 Å². The fourth-order valence-electron chi connectivity index (χ4n) is 1.33. The number of carboxylic acids is 1. The smallest absolute Gasteiger partial charge is 0.303 e. The Balaban J connectivity index is 3.72. The molecule has 0 aromatic heterocycles. The molecule has 0 aliphatic carbocycles. The molecule has 94 valence electrons. The first-order valence-electron chi connectivity index (χ1n) is 5.59. The summed E-state index contributed by atoms with van der Waals surface area (Å²) in [5.74, 6) is -0.289. The molecule has 0 saturated carbocycles. The van der Waals surface area contributed by atoms with Gasteiger partial charge in [0.1, 0.15) is 5.60 Å². The number of carbonyl (C=O) groups is 1. The molecule has 4 heteroatoms.